The van der Waals surface area contributed by atoms with Gasteiger partial charge in [-0.3, -0.25) is 9.59 Å². The third-order valence-corrected chi connectivity index (χ3v) is 5.36. The third-order valence-electron chi connectivity index (χ3n) is 5.36. The molecule has 0 aliphatic carbocycles. The maximum absolute atomic E-state index is 13.3. The minimum atomic E-state index is -0.629. The Labute approximate surface area is 157 Å². The van der Waals surface area contributed by atoms with Crippen molar-refractivity contribution < 1.29 is 14.3 Å². The summed E-state index contributed by atoms with van der Waals surface area (Å²) in [6.07, 6.45) is 1.14. The van der Waals surface area contributed by atoms with Crippen LogP contribution in [0.5, 0.6) is 0 Å². The van der Waals surface area contributed by atoms with Crippen molar-refractivity contribution in [3.05, 3.63) is 35.9 Å². The Morgan fingerprint density at radius 2 is 1.85 bits per heavy atom. The average molecular weight is 360 g/mol. The number of hydrogen-bond acceptors (Lipinski definition) is 3. The second-order valence-electron chi connectivity index (χ2n) is 8.07. The standard InChI is InChI=1S/C21H32N2O3/c1-15(12-19(24)22(5)6)16(2)20(25)23-18(14-26-21(23,3)4)13-17-10-8-7-9-11-17/h7-11,15-16,18H,12-14H2,1-6H3/t15-,16+,18-/m0/s1. The lowest BCUT2D eigenvalue weighted by Gasteiger charge is -2.37. The topological polar surface area (TPSA) is 49.9 Å². The molecule has 144 valence electrons. The minimum absolute atomic E-state index is 0.0131. The summed E-state index contributed by atoms with van der Waals surface area (Å²) in [6, 6.07) is 10.2. The first-order chi connectivity index (χ1) is 12.1. The van der Waals surface area contributed by atoms with Crippen LogP contribution in [0.4, 0.5) is 0 Å². The van der Waals surface area contributed by atoms with Crippen molar-refractivity contribution in [1.82, 2.24) is 9.80 Å². The summed E-state index contributed by atoms with van der Waals surface area (Å²) in [5, 5.41) is 0. The molecule has 0 N–H and O–H groups in total. The summed E-state index contributed by atoms with van der Waals surface area (Å²) in [5.74, 6) is -0.147. The number of amides is 2. The molecule has 2 amide bonds. The van der Waals surface area contributed by atoms with Crippen LogP contribution < -0.4 is 0 Å². The lowest BCUT2D eigenvalue weighted by Crippen LogP contribution is -2.51. The highest BCUT2D eigenvalue weighted by Crippen LogP contribution is 2.32. The van der Waals surface area contributed by atoms with E-state index < -0.39 is 5.72 Å². The van der Waals surface area contributed by atoms with E-state index in [0.29, 0.717) is 13.0 Å². The first-order valence-electron chi connectivity index (χ1n) is 9.34. The van der Waals surface area contributed by atoms with E-state index >= 15 is 0 Å². The molecule has 5 heteroatoms. The van der Waals surface area contributed by atoms with Crippen LogP contribution >= 0.6 is 0 Å². The number of hydrogen-bond donors (Lipinski definition) is 0. The molecule has 1 aromatic rings. The van der Waals surface area contributed by atoms with Crippen LogP contribution in [-0.4, -0.2) is 54.1 Å². The van der Waals surface area contributed by atoms with E-state index in [4.69, 9.17) is 4.74 Å². The normalized spacial score (nSPS) is 21.3. The molecular formula is C21H32N2O3. The third kappa shape index (κ3) is 4.64. The molecule has 0 spiro atoms. The summed E-state index contributed by atoms with van der Waals surface area (Å²) in [4.78, 5) is 28.8. The van der Waals surface area contributed by atoms with Gasteiger partial charge < -0.3 is 14.5 Å². The SMILES string of the molecule is C[C@@H](CC(=O)N(C)C)[C@@H](C)C(=O)N1[C@@H](Cc2ccccc2)COC1(C)C. The van der Waals surface area contributed by atoms with Crippen LogP contribution in [0.1, 0.15) is 39.7 Å². The van der Waals surface area contributed by atoms with Gasteiger partial charge in [0.25, 0.3) is 0 Å². The van der Waals surface area contributed by atoms with Gasteiger partial charge in [-0.05, 0) is 31.7 Å². The molecule has 0 saturated carbocycles. The highest BCUT2D eigenvalue weighted by molar-refractivity contribution is 5.82. The fourth-order valence-electron chi connectivity index (χ4n) is 3.46. The Hall–Kier alpha value is -1.88. The lowest BCUT2D eigenvalue weighted by atomic mass is 9.90. The maximum Gasteiger partial charge on any atom is 0.228 e. The predicted molar refractivity (Wildman–Crippen MR) is 102 cm³/mol. The largest absolute Gasteiger partial charge is 0.354 e. The van der Waals surface area contributed by atoms with E-state index in [2.05, 4.69) is 12.1 Å². The molecule has 5 nitrogen and oxygen atoms in total. The van der Waals surface area contributed by atoms with E-state index in [1.54, 1.807) is 19.0 Å². The Kier molecular flexibility index (Phi) is 6.45. The van der Waals surface area contributed by atoms with Crippen LogP contribution in [-0.2, 0) is 20.7 Å². The van der Waals surface area contributed by atoms with Gasteiger partial charge in [0.05, 0.1) is 12.6 Å². The summed E-state index contributed by atoms with van der Waals surface area (Å²) in [7, 11) is 3.49. The van der Waals surface area contributed by atoms with E-state index in [-0.39, 0.29) is 29.7 Å². The van der Waals surface area contributed by atoms with Gasteiger partial charge in [-0.25, -0.2) is 0 Å². The Morgan fingerprint density at radius 1 is 1.23 bits per heavy atom. The fraction of sp³-hybridized carbons (Fsp3) is 0.619. The summed E-state index contributed by atoms with van der Waals surface area (Å²) >= 11 is 0. The number of ether oxygens (including phenoxy) is 1. The second kappa shape index (κ2) is 8.21. The van der Waals surface area contributed by atoms with Gasteiger partial charge in [0.1, 0.15) is 5.72 Å². The molecule has 1 aliphatic heterocycles. The highest BCUT2D eigenvalue weighted by atomic mass is 16.5. The Bertz CT molecular complexity index is 627. The van der Waals surface area contributed by atoms with Crippen molar-refractivity contribution >= 4 is 11.8 Å². The number of benzene rings is 1. The van der Waals surface area contributed by atoms with E-state index in [0.717, 1.165) is 6.42 Å². The van der Waals surface area contributed by atoms with Gasteiger partial charge in [-0.1, -0.05) is 44.2 Å². The Balaban J connectivity index is 2.13. The minimum Gasteiger partial charge on any atom is -0.354 e. The quantitative estimate of drug-likeness (QED) is 0.784. The van der Waals surface area contributed by atoms with Gasteiger partial charge in [0, 0.05) is 26.4 Å². The number of carbonyl (C=O) groups excluding carboxylic acids is 2. The monoisotopic (exact) mass is 360 g/mol. The first-order valence-corrected chi connectivity index (χ1v) is 9.34. The van der Waals surface area contributed by atoms with Crippen molar-refractivity contribution in [1.29, 1.82) is 0 Å². The van der Waals surface area contributed by atoms with Crippen LogP contribution in [0.3, 0.4) is 0 Å². The fourth-order valence-corrected chi connectivity index (χ4v) is 3.46. The molecule has 1 heterocycles. The lowest BCUT2D eigenvalue weighted by molar-refractivity contribution is -0.152. The van der Waals surface area contributed by atoms with Crippen molar-refractivity contribution in [2.75, 3.05) is 20.7 Å². The molecule has 1 aromatic carbocycles. The molecule has 0 bridgehead atoms. The van der Waals surface area contributed by atoms with Gasteiger partial charge in [0.15, 0.2) is 0 Å². The highest BCUT2D eigenvalue weighted by Gasteiger charge is 2.45. The summed E-state index contributed by atoms with van der Waals surface area (Å²) < 4.78 is 5.94. The van der Waals surface area contributed by atoms with Crippen molar-refractivity contribution in [3.63, 3.8) is 0 Å². The number of rotatable bonds is 6. The van der Waals surface area contributed by atoms with Gasteiger partial charge in [-0.15, -0.1) is 0 Å². The maximum atomic E-state index is 13.3. The van der Waals surface area contributed by atoms with E-state index in [1.807, 2.05) is 50.8 Å². The van der Waals surface area contributed by atoms with E-state index in [1.165, 1.54) is 5.56 Å². The molecule has 0 aromatic heterocycles. The molecule has 1 saturated heterocycles. The molecule has 26 heavy (non-hydrogen) atoms. The molecule has 0 unspecified atom stereocenters. The number of carbonyl (C=O) groups is 2. The predicted octanol–water partition coefficient (Wildman–Crippen LogP) is 2.94. The molecule has 1 aliphatic rings. The van der Waals surface area contributed by atoms with Crippen LogP contribution in [0, 0.1) is 11.8 Å². The summed E-state index contributed by atoms with van der Waals surface area (Å²) in [6.45, 7) is 8.31. The van der Waals surface area contributed by atoms with Gasteiger partial charge >= 0.3 is 0 Å². The zero-order chi connectivity index (χ0) is 19.5. The number of nitrogens with zero attached hydrogens (tertiary/aromatic N) is 2. The molecule has 3 atom stereocenters. The van der Waals surface area contributed by atoms with Crippen LogP contribution in [0.15, 0.2) is 30.3 Å². The van der Waals surface area contributed by atoms with Crippen LogP contribution in [0.2, 0.25) is 0 Å². The van der Waals surface area contributed by atoms with E-state index in [9.17, 15) is 9.59 Å². The van der Waals surface area contributed by atoms with Crippen molar-refractivity contribution in [3.8, 4) is 0 Å². The Morgan fingerprint density at radius 3 is 2.42 bits per heavy atom. The smallest absolute Gasteiger partial charge is 0.228 e. The van der Waals surface area contributed by atoms with Crippen molar-refractivity contribution in [2.45, 2.75) is 52.3 Å². The average Bonchev–Trinajstić information content (AvgIpc) is 2.88. The van der Waals surface area contributed by atoms with Gasteiger partial charge in [-0.2, -0.15) is 0 Å². The van der Waals surface area contributed by atoms with Crippen LogP contribution in [0.25, 0.3) is 0 Å². The first kappa shape index (κ1) is 20.4. The molecule has 0 radical (unpaired) electrons. The molecule has 2 rings (SSSR count). The van der Waals surface area contributed by atoms with Crippen molar-refractivity contribution in [2.24, 2.45) is 11.8 Å². The molecular weight excluding hydrogens is 328 g/mol. The second-order valence-corrected chi connectivity index (χ2v) is 8.07. The zero-order valence-electron chi connectivity index (χ0n) is 16.9. The van der Waals surface area contributed by atoms with Gasteiger partial charge in [0.2, 0.25) is 11.8 Å². The molecule has 1 fully saturated rings. The summed E-state index contributed by atoms with van der Waals surface area (Å²) in [5.41, 5.74) is 0.566. The zero-order valence-corrected chi connectivity index (χ0v) is 16.9.